The van der Waals surface area contributed by atoms with Gasteiger partial charge in [0.05, 0.1) is 0 Å². The number of hydrogen-bond donors (Lipinski definition) is 0. The summed E-state index contributed by atoms with van der Waals surface area (Å²) in [7, 11) is 0. The van der Waals surface area contributed by atoms with E-state index in [4.69, 9.17) is 4.42 Å². The topological polar surface area (TPSA) is 101 Å². The van der Waals surface area contributed by atoms with E-state index in [0.717, 1.165) is 44.9 Å². The van der Waals surface area contributed by atoms with Crippen molar-refractivity contribution >= 4 is 0 Å². The third kappa shape index (κ3) is 4.91. The molecule has 0 saturated carbocycles. The van der Waals surface area contributed by atoms with Crippen molar-refractivity contribution in [2.75, 3.05) is 26.2 Å². The number of piperidine rings is 1. The molecule has 20 heavy (non-hydrogen) atoms. The Kier molecular flexibility index (Phi) is 10.2. The smallest absolute Gasteiger partial charge is 0.693 e. The molecule has 120 valence electrons. The number of hydrogen-bond acceptors (Lipinski definition) is 3. The monoisotopic (exact) mass is 462 g/mol. The van der Waals surface area contributed by atoms with Gasteiger partial charge in [-0.3, -0.25) is 0 Å². The van der Waals surface area contributed by atoms with Gasteiger partial charge in [0.15, 0.2) is 0 Å². The molecule has 8 heteroatoms. The van der Waals surface area contributed by atoms with Crippen molar-refractivity contribution in [1.29, 1.82) is 0 Å². The summed E-state index contributed by atoms with van der Waals surface area (Å²) in [5, 5.41) is 17.0. The molecule has 0 bridgehead atoms. The maximum absolute atomic E-state index is 5.77. The third-order valence-corrected chi connectivity index (χ3v) is 3.27. The minimum Gasteiger partial charge on any atom is -0.693 e. The molecular formula is C12H18Ag2N5O-. The Morgan fingerprint density at radius 3 is 2.55 bits per heavy atom. The van der Waals surface area contributed by atoms with Crippen LogP contribution in [0.4, 0.5) is 0 Å². The Labute approximate surface area is 150 Å². The van der Waals surface area contributed by atoms with Gasteiger partial charge in [0, 0.05) is 11.8 Å². The number of nitrogens with two attached hydrogens (primary N) is 1. The van der Waals surface area contributed by atoms with E-state index in [0.29, 0.717) is 11.8 Å². The van der Waals surface area contributed by atoms with E-state index in [-0.39, 0.29) is 56.8 Å². The Morgan fingerprint density at radius 1 is 1.10 bits per heavy atom. The van der Waals surface area contributed by atoms with E-state index in [1.54, 1.807) is 0 Å². The van der Waals surface area contributed by atoms with Crippen LogP contribution in [0.3, 0.4) is 0 Å². The zero-order valence-electron chi connectivity index (χ0n) is 10.9. The second kappa shape index (κ2) is 10.0. The maximum Gasteiger partial charge on any atom is 1.00 e. The van der Waals surface area contributed by atoms with E-state index < -0.39 is 0 Å². The predicted molar refractivity (Wildman–Crippen MR) is 69.6 cm³/mol. The SMILES string of the molecule is C1=CC(c2nnc(C3CCC[N-]C3)o2)C[N-]C1.[Ag+].[Ag+].[NH2-]. The average molecular weight is 464 g/mol. The molecule has 6 nitrogen and oxygen atoms in total. The van der Waals surface area contributed by atoms with Gasteiger partial charge in [-0.15, -0.1) is 42.5 Å². The number of rotatable bonds is 2. The van der Waals surface area contributed by atoms with Gasteiger partial charge in [-0.2, -0.15) is 0 Å². The van der Waals surface area contributed by atoms with Crippen molar-refractivity contribution in [3.8, 4) is 0 Å². The average Bonchev–Trinajstić information content (AvgIpc) is 2.90. The second-order valence-electron chi connectivity index (χ2n) is 4.57. The summed E-state index contributed by atoms with van der Waals surface area (Å²) in [6.45, 7) is 3.36. The van der Waals surface area contributed by atoms with Crippen molar-refractivity contribution in [2.45, 2.75) is 24.7 Å². The first-order valence-electron chi connectivity index (χ1n) is 6.20. The molecule has 3 heterocycles. The van der Waals surface area contributed by atoms with Crippen LogP contribution in [0.1, 0.15) is 36.5 Å². The minimum atomic E-state index is 0. The maximum atomic E-state index is 5.77. The molecule has 1 saturated heterocycles. The van der Waals surface area contributed by atoms with E-state index in [1.165, 1.54) is 0 Å². The number of aromatic nitrogens is 2. The molecule has 1 fully saturated rings. The standard InChI is InChI=1S/C12H16N4O.2Ag.H2N/c1-3-9(7-13-5-1)11-15-16-12(17-11)10-4-2-6-14-8-10;;;/h1,3,9-10H,2,4-8H2;;;1H2/q-2;2*+1;-1. The van der Waals surface area contributed by atoms with Gasteiger partial charge in [-0.05, 0) is 6.42 Å². The molecule has 2 atom stereocenters. The molecule has 0 aliphatic carbocycles. The summed E-state index contributed by atoms with van der Waals surface area (Å²) < 4.78 is 5.77. The van der Waals surface area contributed by atoms with Crippen LogP contribution >= 0.6 is 0 Å². The predicted octanol–water partition coefficient (Wildman–Crippen LogP) is 3.06. The summed E-state index contributed by atoms with van der Waals surface area (Å²) in [5.74, 6) is 1.95. The molecule has 0 spiro atoms. The van der Waals surface area contributed by atoms with Gasteiger partial charge in [0.1, 0.15) is 0 Å². The second-order valence-corrected chi connectivity index (χ2v) is 4.57. The van der Waals surface area contributed by atoms with Gasteiger partial charge in [0.25, 0.3) is 0 Å². The zero-order chi connectivity index (χ0) is 11.5. The molecule has 1 aromatic rings. The molecule has 0 amide bonds. The molecule has 3 rings (SSSR count). The Hall–Kier alpha value is 0.241. The van der Waals surface area contributed by atoms with Crippen LogP contribution in [-0.2, 0) is 44.8 Å². The van der Waals surface area contributed by atoms with E-state index >= 15 is 0 Å². The van der Waals surface area contributed by atoms with Gasteiger partial charge in [0.2, 0.25) is 11.8 Å². The van der Waals surface area contributed by atoms with Crippen LogP contribution in [0, 0.1) is 0 Å². The summed E-state index contributed by atoms with van der Waals surface area (Å²) >= 11 is 0. The summed E-state index contributed by atoms with van der Waals surface area (Å²) in [6.07, 6.45) is 6.39. The van der Waals surface area contributed by atoms with Crippen molar-refractivity contribution in [3.05, 3.63) is 40.7 Å². The zero-order valence-corrected chi connectivity index (χ0v) is 13.9. The van der Waals surface area contributed by atoms with E-state index in [1.807, 2.05) is 6.08 Å². The largest absolute Gasteiger partial charge is 1.00 e. The fourth-order valence-corrected chi connectivity index (χ4v) is 2.29. The van der Waals surface area contributed by atoms with Crippen LogP contribution in [0.2, 0.25) is 0 Å². The van der Waals surface area contributed by atoms with Crippen molar-refractivity contribution < 1.29 is 49.2 Å². The van der Waals surface area contributed by atoms with E-state index in [9.17, 15) is 0 Å². The van der Waals surface area contributed by atoms with Crippen molar-refractivity contribution in [2.24, 2.45) is 0 Å². The fraction of sp³-hybridized carbons (Fsp3) is 0.667. The number of nitrogens with zero attached hydrogens (tertiary/aromatic N) is 4. The van der Waals surface area contributed by atoms with Crippen LogP contribution in [-0.4, -0.2) is 36.4 Å². The molecule has 1 aromatic heterocycles. The van der Waals surface area contributed by atoms with Gasteiger partial charge < -0.3 is 21.2 Å². The summed E-state index contributed by atoms with van der Waals surface area (Å²) in [4.78, 5) is 0. The van der Waals surface area contributed by atoms with Crippen LogP contribution in [0.5, 0.6) is 0 Å². The first-order chi connectivity index (χ1) is 8.43. The first kappa shape index (κ1) is 20.2. The Bertz CT molecular complexity index is 406. The van der Waals surface area contributed by atoms with Crippen LogP contribution < -0.4 is 0 Å². The molecule has 0 aromatic carbocycles. The normalized spacial score (nSPS) is 25.0. The molecular weight excluding hydrogens is 446 g/mol. The molecule has 2 aliphatic rings. The van der Waals surface area contributed by atoms with Crippen molar-refractivity contribution in [3.63, 3.8) is 0 Å². The minimum absolute atomic E-state index is 0. The molecule has 0 radical (unpaired) electrons. The van der Waals surface area contributed by atoms with Gasteiger partial charge in [-0.1, -0.05) is 12.5 Å². The Balaban J connectivity index is 0.00000120. The van der Waals surface area contributed by atoms with Gasteiger partial charge in [-0.25, -0.2) is 0 Å². The Morgan fingerprint density at radius 2 is 1.90 bits per heavy atom. The molecule has 2 unspecified atom stereocenters. The van der Waals surface area contributed by atoms with Crippen LogP contribution in [0.15, 0.2) is 16.6 Å². The van der Waals surface area contributed by atoms with Crippen molar-refractivity contribution in [1.82, 2.24) is 10.2 Å². The van der Waals surface area contributed by atoms with E-state index in [2.05, 4.69) is 26.9 Å². The molecule has 2 aliphatic heterocycles. The first-order valence-corrected chi connectivity index (χ1v) is 6.20. The third-order valence-electron chi connectivity index (χ3n) is 3.27. The summed E-state index contributed by atoms with van der Waals surface area (Å²) in [6, 6.07) is 0. The summed E-state index contributed by atoms with van der Waals surface area (Å²) in [5.41, 5.74) is 0. The molecule has 2 N–H and O–H groups in total. The van der Waals surface area contributed by atoms with Crippen LogP contribution in [0.25, 0.3) is 16.8 Å². The quantitative estimate of drug-likeness (QED) is 0.497. The van der Waals surface area contributed by atoms with Gasteiger partial charge >= 0.3 is 44.8 Å². The fourth-order valence-electron chi connectivity index (χ4n) is 2.29.